The molecule has 0 radical (unpaired) electrons. The summed E-state index contributed by atoms with van der Waals surface area (Å²) in [6.45, 7) is 2.63. The Bertz CT molecular complexity index is 625. The highest BCUT2D eigenvalue weighted by Gasteiger charge is 2.24. The average Bonchev–Trinajstić information content (AvgIpc) is 2.27. The van der Waals surface area contributed by atoms with Crippen LogP contribution in [0.1, 0.15) is 12.5 Å². The molecule has 2 N–H and O–H groups in total. The van der Waals surface area contributed by atoms with Crippen molar-refractivity contribution in [2.24, 2.45) is 0 Å². The Balaban J connectivity index is 3.19. The first-order chi connectivity index (χ1) is 8.65. The van der Waals surface area contributed by atoms with Crippen LogP contribution in [0.4, 0.5) is 5.69 Å². The quantitative estimate of drug-likeness (QED) is 0.605. The Labute approximate surface area is 109 Å². The number of carbonyl (C=O) groups is 1. The number of sulfonamides is 1. The van der Waals surface area contributed by atoms with Crippen LogP contribution in [-0.4, -0.2) is 30.5 Å². The summed E-state index contributed by atoms with van der Waals surface area (Å²) in [5.41, 5.74) is -0.0268. The van der Waals surface area contributed by atoms with Gasteiger partial charge in [0.2, 0.25) is 10.0 Å². The van der Waals surface area contributed by atoms with Gasteiger partial charge < -0.3 is 5.11 Å². The van der Waals surface area contributed by atoms with Crippen molar-refractivity contribution in [3.63, 3.8) is 0 Å². The summed E-state index contributed by atoms with van der Waals surface area (Å²) in [5, 5.41) is 19.4. The van der Waals surface area contributed by atoms with E-state index >= 15 is 0 Å². The number of nitro benzene ring substituents is 1. The van der Waals surface area contributed by atoms with Crippen LogP contribution in [0.3, 0.4) is 0 Å². The molecule has 0 spiro atoms. The largest absolute Gasteiger partial charge is 0.480 e. The lowest BCUT2D eigenvalue weighted by Gasteiger charge is -2.10. The van der Waals surface area contributed by atoms with Crippen LogP contribution in [0.5, 0.6) is 0 Å². The molecule has 0 saturated carbocycles. The molecule has 0 amide bonds. The van der Waals surface area contributed by atoms with Crippen molar-refractivity contribution >= 4 is 21.7 Å². The number of aryl methyl sites for hydroxylation is 1. The Kier molecular flexibility index (Phi) is 4.22. The first kappa shape index (κ1) is 15.1. The molecule has 0 fully saturated rings. The smallest absolute Gasteiger partial charge is 0.321 e. The van der Waals surface area contributed by atoms with Crippen molar-refractivity contribution in [2.75, 3.05) is 0 Å². The molecule has 0 aliphatic carbocycles. The molecule has 0 unspecified atom stereocenters. The van der Waals surface area contributed by atoms with Gasteiger partial charge in [-0.1, -0.05) is 6.07 Å². The molecule has 0 saturated heterocycles. The highest BCUT2D eigenvalue weighted by Crippen LogP contribution is 2.22. The van der Waals surface area contributed by atoms with Crippen LogP contribution in [0.25, 0.3) is 0 Å². The molecule has 0 bridgehead atoms. The molecule has 0 heterocycles. The van der Waals surface area contributed by atoms with E-state index in [9.17, 15) is 23.3 Å². The summed E-state index contributed by atoms with van der Waals surface area (Å²) >= 11 is 0. The minimum Gasteiger partial charge on any atom is -0.480 e. The van der Waals surface area contributed by atoms with Gasteiger partial charge in [0.25, 0.3) is 5.69 Å². The molecular formula is C10H12N2O6S. The van der Waals surface area contributed by atoms with Gasteiger partial charge in [-0.15, -0.1) is 0 Å². The predicted molar refractivity (Wildman–Crippen MR) is 65.3 cm³/mol. The first-order valence-corrected chi connectivity index (χ1v) is 6.63. The van der Waals surface area contributed by atoms with Gasteiger partial charge in [0, 0.05) is 11.6 Å². The van der Waals surface area contributed by atoms with E-state index in [0.717, 1.165) is 13.0 Å². The molecule has 0 aliphatic rings. The Morgan fingerprint density at radius 3 is 2.53 bits per heavy atom. The number of nitro groups is 1. The lowest BCUT2D eigenvalue weighted by Crippen LogP contribution is -2.38. The third-order valence-electron chi connectivity index (χ3n) is 2.39. The molecule has 1 aromatic carbocycles. The molecule has 0 aromatic heterocycles. The van der Waals surface area contributed by atoms with E-state index in [1.807, 2.05) is 4.72 Å². The highest BCUT2D eigenvalue weighted by atomic mass is 32.2. The number of carboxylic acid groups (broad SMARTS) is 1. The van der Waals surface area contributed by atoms with E-state index in [4.69, 9.17) is 5.11 Å². The van der Waals surface area contributed by atoms with E-state index in [2.05, 4.69) is 0 Å². The maximum atomic E-state index is 11.8. The third kappa shape index (κ3) is 3.48. The minimum atomic E-state index is -4.11. The summed E-state index contributed by atoms with van der Waals surface area (Å²) in [7, 11) is -4.11. The van der Waals surface area contributed by atoms with Crippen LogP contribution < -0.4 is 4.72 Å². The van der Waals surface area contributed by atoms with E-state index in [1.54, 1.807) is 0 Å². The monoisotopic (exact) mass is 288 g/mol. The lowest BCUT2D eigenvalue weighted by atomic mass is 10.2. The zero-order valence-electron chi connectivity index (χ0n) is 10.2. The molecule has 19 heavy (non-hydrogen) atoms. The van der Waals surface area contributed by atoms with E-state index in [0.29, 0.717) is 5.56 Å². The van der Waals surface area contributed by atoms with Crippen molar-refractivity contribution in [3.05, 3.63) is 33.9 Å². The van der Waals surface area contributed by atoms with Crippen LogP contribution >= 0.6 is 0 Å². The molecule has 104 valence electrons. The van der Waals surface area contributed by atoms with Gasteiger partial charge in [0.1, 0.15) is 6.04 Å². The lowest BCUT2D eigenvalue weighted by molar-refractivity contribution is -0.385. The SMILES string of the molecule is Cc1ccc(S(=O)(=O)N[C@H](C)C(=O)O)cc1[N+](=O)[O-]. The number of aliphatic carboxylic acids is 1. The fourth-order valence-corrected chi connectivity index (χ4v) is 2.52. The van der Waals surface area contributed by atoms with E-state index in [1.165, 1.54) is 19.1 Å². The summed E-state index contributed by atoms with van der Waals surface area (Å²) in [6, 6.07) is 2.04. The molecule has 8 nitrogen and oxygen atoms in total. The molecule has 1 rings (SSSR count). The predicted octanol–water partition coefficient (Wildman–Crippen LogP) is 0.655. The van der Waals surface area contributed by atoms with Gasteiger partial charge in [-0.25, -0.2) is 8.42 Å². The summed E-state index contributed by atoms with van der Waals surface area (Å²) in [6.07, 6.45) is 0. The highest BCUT2D eigenvalue weighted by molar-refractivity contribution is 7.89. The molecular weight excluding hydrogens is 276 g/mol. The maximum absolute atomic E-state index is 11.8. The van der Waals surface area contributed by atoms with Gasteiger partial charge >= 0.3 is 5.97 Å². The number of hydrogen-bond acceptors (Lipinski definition) is 5. The Hall–Kier alpha value is -2.00. The maximum Gasteiger partial charge on any atom is 0.321 e. The van der Waals surface area contributed by atoms with Crippen LogP contribution in [0.15, 0.2) is 23.1 Å². The number of hydrogen-bond donors (Lipinski definition) is 2. The molecule has 9 heteroatoms. The molecule has 1 atom stereocenters. The average molecular weight is 288 g/mol. The zero-order chi connectivity index (χ0) is 14.8. The normalized spacial score (nSPS) is 12.9. The van der Waals surface area contributed by atoms with Crippen molar-refractivity contribution in [2.45, 2.75) is 24.8 Å². The third-order valence-corrected chi connectivity index (χ3v) is 3.93. The summed E-state index contributed by atoms with van der Waals surface area (Å²) in [5.74, 6) is -1.34. The number of nitrogens with zero attached hydrogens (tertiary/aromatic N) is 1. The van der Waals surface area contributed by atoms with E-state index in [-0.39, 0.29) is 10.6 Å². The molecule has 1 aromatic rings. The first-order valence-electron chi connectivity index (χ1n) is 5.15. The van der Waals surface area contributed by atoms with Crippen molar-refractivity contribution in [3.8, 4) is 0 Å². The van der Waals surface area contributed by atoms with Crippen LogP contribution in [0, 0.1) is 17.0 Å². The number of nitrogens with one attached hydrogen (secondary N) is 1. The zero-order valence-corrected chi connectivity index (χ0v) is 11.0. The second-order valence-electron chi connectivity index (χ2n) is 3.89. The molecule has 0 aliphatic heterocycles. The standard InChI is InChI=1S/C10H12N2O6S/c1-6-3-4-8(5-9(6)12(15)16)19(17,18)11-7(2)10(13)14/h3-5,7,11H,1-2H3,(H,13,14)/t7-/m1/s1. The second-order valence-corrected chi connectivity index (χ2v) is 5.60. The van der Waals surface area contributed by atoms with E-state index < -0.39 is 27.0 Å². The van der Waals surface area contributed by atoms with Gasteiger partial charge in [-0.05, 0) is 19.9 Å². The van der Waals surface area contributed by atoms with Gasteiger partial charge in [-0.3, -0.25) is 14.9 Å². The van der Waals surface area contributed by atoms with Crippen molar-refractivity contribution in [1.29, 1.82) is 0 Å². The van der Waals surface area contributed by atoms with Crippen LogP contribution in [0.2, 0.25) is 0 Å². The number of rotatable bonds is 5. The number of carboxylic acids is 1. The number of benzene rings is 1. The summed E-state index contributed by atoms with van der Waals surface area (Å²) < 4.78 is 25.6. The summed E-state index contributed by atoms with van der Waals surface area (Å²) in [4.78, 5) is 20.3. The Morgan fingerprint density at radius 1 is 1.47 bits per heavy atom. The topological polar surface area (TPSA) is 127 Å². The minimum absolute atomic E-state index is 0.315. The van der Waals surface area contributed by atoms with Crippen molar-refractivity contribution < 1.29 is 23.2 Å². The Morgan fingerprint density at radius 2 is 2.05 bits per heavy atom. The van der Waals surface area contributed by atoms with Crippen molar-refractivity contribution in [1.82, 2.24) is 4.72 Å². The van der Waals surface area contributed by atoms with Gasteiger partial charge in [-0.2, -0.15) is 4.72 Å². The fraction of sp³-hybridized carbons (Fsp3) is 0.300. The van der Waals surface area contributed by atoms with Crippen LogP contribution in [-0.2, 0) is 14.8 Å². The van der Waals surface area contributed by atoms with Gasteiger partial charge in [0.05, 0.1) is 9.82 Å². The second kappa shape index (κ2) is 5.33. The van der Waals surface area contributed by atoms with Gasteiger partial charge in [0.15, 0.2) is 0 Å². The fourth-order valence-electron chi connectivity index (χ4n) is 1.30.